The number of carbonyl (C=O) groups excluding carboxylic acids is 1. The fourth-order valence-corrected chi connectivity index (χ4v) is 4.51. The molecule has 4 N–H and O–H groups in total. The molecule has 4 rings (SSSR count). The van der Waals surface area contributed by atoms with Crippen molar-refractivity contribution in [2.24, 2.45) is 0 Å². The topological polar surface area (TPSA) is 67.2 Å². The normalized spacial score (nSPS) is 26.3. The summed E-state index contributed by atoms with van der Waals surface area (Å²) in [5, 5.41) is 6.73. The maximum atomic E-state index is 12.4. The molecule has 114 valence electrons. The molecule has 3 heterocycles. The van der Waals surface area contributed by atoms with Crippen LogP contribution in [0.3, 0.4) is 0 Å². The van der Waals surface area contributed by atoms with Crippen LogP contribution in [0.15, 0.2) is 36.4 Å². The minimum Gasteiger partial charge on any atom is -0.398 e. The molecule has 0 aliphatic carbocycles. The van der Waals surface area contributed by atoms with Gasteiger partial charge in [0.05, 0.1) is 4.88 Å². The first-order valence-electron chi connectivity index (χ1n) is 7.72. The molecule has 4 nitrogen and oxygen atoms in total. The molecule has 2 unspecified atom stereocenters. The van der Waals surface area contributed by atoms with Gasteiger partial charge in [-0.05, 0) is 37.5 Å². The van der Waals surface area contributed by atoms with Gasteiger partial charge in [0.15, 0.2) is 0 Å². The first kappa shape index (κ1) is 13.8. The molecular formula is C17H19N3OS. The Labute approximate surface area is 133 Å². The number of hydrogen-bond donors (Lipinski definition) is 3. The molecule has 22 heavy (non-hydrogen) atoms. The smallest absolute Gasteiger partial charge is 0.261 e. The lowest BCUT2D eigenvalue weighted by molar-refractivity contribution is 0.0935. The molecule has 2 saturated heterocycles. The summed E-state index contributed by atoms with van der Waals surface area (Å²) < 4.78 is 0. The van der Waals surface area contributed by atoms with Crippen molar-refractivity contribution >= 4 is 22.9 Å². The minimum absolute atomic E-state index is 0.0325. The quantitative estimate of drug-likeness (QED) is 0.763. The Kier molecular flexibility index (Phi) is 3.39. The van der Waals surface area contributed by atoms with E-state index in [1.165, 1.54) is 24.2 Å². The Morgan fingerprint density at radius 2 is 2.09 bits per heavy atom. The Hall–Kier alpha value is -1.85. The Morgan fingerprint density at radius 1 is 1.23 bits per heavy atom. The number of nitrogens with two attached hydrogens (primary N) is 1. The molecule has 3 atom stereocenters. The van der Waals surface area contributed by atoms with Gasteiger partial charge in [-0.2, -0.15) is 0 Å². The van der Waals surface area contributed by atoms with Crippen molar-refractivity contribution in [2.45, 2.75) is 37.4 Å². The van der Waals surface area contributed by atoms with Gasteiger partial charge in [-0.1, -0.05) is 18.2 Å². The number of nitrogens with one attached hydrogen (secondary N) is 2. The number of hydrogen-bond acceptors (Lipinski definition) is 4. The fourth-order valence-electron chi connectivity index (χ4n) is 3.55. The summed E-state index contributed by atoms with van der Waals surface area (Å²) in [5.74, 6) is 0.0325. The predicted octanol–water partition coefficient (Wildman–Crippen LogP) is 2.62. The maximum Gasteiger partial charge on any atom is 0.261 e. The molecule has 2 bridgehead atoms. The molecule has 5 heteroatoms. The number of rotatable bonds is 3. The second-order valence-electron chi connectivity index (χ2n) is 6.11. The van der Waals surface area contributed by atoms with Gasteiger partial charge in [0.1, 0.15) is 0 Å². The molecule has 2 fully saturated rings. The van der Waals surface area contributed by atoms with Crippen LogP contribution in [0.5, 0.6) is 0 Å². The molecule has 2 aromatic rings. The van der Waals surface area contributed by atoms with Crippen molar-refractivity contribution in [1.82, 2.24) is 10.6 Å². The van der Waals surface area contributed by atoms with Gasteiger partial charge < -0.3 is 16.4 Å². The van der Waals surface area contributed by atoms with Gasteiger partial charge in [0.25, 0.3) is 5.91 Å². The van der Waals surface area contributed by atoms with Gasteiger partial charge in [-0.25, -0.2) is 0 Å². The molecule has 1 aromatic heterocycles. The summed E-state index contributed by atoms with van der Waals surface area (Å²) in [6.07, 6.45) is 3.47. The average molecular weight is 313 g/mol. The lowest BCUT2D eigenvalue weighted by Crippen LogP contribution is -2.42. The number of amides is 1. The largest absolute Gasteiger partial charge is 0.398 e. The number of carbonyl (C=O) groups is 1. The van der Waals surface area contributed by atoms with Crippen LogP contribution in [-0.2, 0) is 0 Å². The van der Waals surface area contributed by atoms with Crippen molar-refractivity contribution in [1.29, 1.82) is 0 Å². The number of nitrogen functional groups attached to an aromatic ring is 1. The first-order valence-corrected chi connectivity index (χ1v) is 8.54. The van der Waals surface area contributed by atoms with Gasteiger partial charge >= 0.3 is 0 Å². The van der Waals surface area contributed by atoms with E-state index >= 15 is 0 Å². The zero-order valence-electron chi connectivity index (χ0n) is 12.2. The van der Waals surface area contributed by atoms with E-state index in [-0.39, 0.29) is 11.9 Å². The van der Waals surface area contributed by atoms with Crippen molar-refractivity contribution in [3.63, 3.8) is 0 Å². The van der Waals surface area contributed by atoms with E-state index in [1.807, 2.05) is 36.4 Å². The number of benzene rings is 1. The second kappa shape index (κ2) is 5.41. The SMILES string of the molecule is Nc1ccccc1-c1ccc(C(=O)N[C@@H]2CC3CCC2N3)s1. The van der Waals surface area contributed by atoms with Crippen molar-refractivity contribution in [3.8, 4) is 10.4 Å². The number of fused-ring (bicyclic) bond motifs is 2. The van der Waals surface area contributed by atoms with Crippen LogP contribution in [0.25, 0.3) is 10.4 Å². The molecule has 2 aliphatic heterocycles. The highest BCUT2D eigenvalue weighted by molar-refractivity contribution is 7.17. The van der Waals surface area contributed by atoms with E-state index in [2.05, 4.69) is 10.6 Å². The van der Waals surface area contributed by atoms with E-state index in [0.29, 0.717) is 12.1 Å². The Morgan fingerprint density at radius 3 is 2.82 bits per heavy atom. The second-order valence-corrected chi connectivity index (χ2v) is 7.20. The van der Waals surface area contributed by atoms with Crippen LogP contribution in [0, 0.1) is 0 Å². The third kappa shape index (κ3) is 2.40. The van der Waals surface area contributed by atoms with Crippen LogP contribution in [-0.4, -0.2) is 24.0 Å². The average Bonchev–Trinajstić information content (AvgIpc) is 3.24. The fraction of sp³-hybridized carbons (Fsp3) is 0.353. The zero-order valence-corrected chi connectivity index (χ0v) is 13.0. The van der Waals surface area contributed by atoms with Crippen LogP contribution in [0.1, 0.15) is 28.9 Å². The highest BCUT2D eigenvalue weighted by Crippen LogP contribution is 2.33. The lowest BCUT2D eigenvalue weighted by atomic mass is 9.95. The van der Waals surface area contributed by atoms with Crippen LogP contribution in [0.2, 0.25) is 0 Å². The van der Waals surface area contributed by atoms with E-state index in [9.17, 15) is 4.79 Å². The van der Waals surface area contributed by atoms with E-state index < -0.39 is 0 Å². The van der Waals surface area contributed by atoms with Crippen molar-refractivity contribution < 1.29 is 4.79 Å². The monoisotopic (exact) mass is 313 g/mol. The maximum absolute atomic E-state index is 12.4. The molecule has 0 radical (unpaired) electrons. The summed E-state index contributed by atoms with van der Waals surface area (Å²) in [4.78, 5) is 14.2. The number of thiophene rings is 1. The summed E-state index contributed by atoms with van der Waals surface area (Å²) in [6.45, 7) is 0. The Balaban J connectivity index is 1.49. The first-order chi connectivity index (χ1) is 10.7. The van der Waals surface area contributed by atoms with Crippen LogP contribution < -0.4 is 16.4 Å². The van der Waals surface area contributed by atoms with Crippen LogP contribution in [0.4, 0.5) is 5.69 Å². The summed E-state index contributed by atoms with van der Waals surface area (Å²) in [7, 11) is 0. The lowest BCUT2D eigenvalue weighted by Gasteiger charge is -2.20. The van der Waals surface area contributed by atoms with Crippen LogP contribution >= 0.6 is 11.3 Å². The molecular weight excluding hydrogens is 294 g/mol. The van der Waals surface area contributed by atoms with Gasteiger partial charge in [0, 0.05) is 34.3 Å². The highest BCUT2D eigenvalue weighted by Gasteiger charge is 2.39. The molecule has 1 amide bonds. The molecule has 1 aromatic carbocycles. The third-order valence-corrected chi connectivity index (χ3v) is 5.79. The standard InChI is InChI=1S/C17H19N3OS/c18-12-4-2-1-3-11(12)15-7-8-16(22-15)17(21)20-14-9-10-5-6-13(14)19-10/h1-4,7-8,10,13-14,19H,5-6,9,18H2,(H,20,21)/t10?,13?,14-/m1/s1. The van der Waals surface area contributed by atoms with Gasteiger partial charge in [-0.15, -0.1) is 11.3 Å². The van der Waals surface area contributed by atoms with Crippen molar-refractivity contribution in [3.05, 3.63) is 41.3 Å². The molecule has 2 aliphatic rings. The summed E-state index contributed by atoms with van der Waals surface area (Å²) >= 11 is 1.50. The molecule has 0 spiro atoms. The minimum atomic E-state index is 0.0325. The third-order valence-electron chi connectivity index (χ3n) is 4.67. The van der Waals surface area contributed by atoms with Crippen molar-refractivity contribution in [2.75, 3.05) is 5.73 Å². The zero-order chi connectivity index (χ0) is 15.1. The number of para-hydroxylation sites is 1. The predicted molar refractivity (Wildman–Crippen MR) is 90.0 cm³/mol. The van der Waals surface area contributed by atoms with E-state index in [1.54, 1.807) is 0 Å². The number of anilines is 1. The summed E-state index contributed by atoms with van der Waals surface area (Å²) in [6, 6.07) is 13.0. The van der Waals surface area contributed by atoms with Gasteiger partial charge in [-0.3, -0.25) is 4.79 Å². The van der Waals surface area contributed by atoms with E-state index in [4.69, 9.17) is 5.73 Å². The summed E-state index contributed by atoms with van der Waals surface area (Å²) in [5.41, 5.74) is 7.75. The molecule has 0 saturated carbocycles. The highest BCUT2D eigenvalue weighted by atomic mass is 32.1. The Bertz CT molecular complexity index is 711. The van der Waals surface area contributed by atoms with Gasteiger partial charge in [0.2, 0.25) is 0 Å². The van der Waals surface area contributed by atoms with E-state index in [0.717, 1.165) is 27.4 Å².